The van der Waals surface area contributed by atoms with Crippen LogP contribution in [-0.4, -0.2) is 6.10 Å². The molecular weight excluding hydrogens is 172 g/mol. The van der Waals surface area contributed by atoms with Crippen molar-refractivity contribution in [2.45, 2.75) is 40.2 Å². The molecule has 0 saturated heterocycles. The van der Waals surface area contributed by atoms with Crippen LogP contribution < -0.4 is 4.74 Å². The van der Waals surface area contributed by atoms with Crippen molar-refractivity contribution in [3.8, 4) is 5.75 Å². The second-order valence-electron chi connectivity index (χ2n) is 4.37. The van der Waals surface area contributed by atoms with Crippen molar-refractivity contribution in [3.05, 3.63) is 29.8 Å². The first-order chi connectivity index (χ1) is 6.58. The monoisotopic (exact) mass is 192 g/mol. The van der Waals surface area contributed by atoms with Crippen LogP contribution in [0.2, 0.25) is 0 Å². The molecule has 0 aromatic heterocycles. The highest BCUT2D eigenvalue weighted by Crippen LogP contribution is 2.16. The van der Waals surface area contributed by atoms with Crippen LogP contribution in [0.3, 0.4) is 0 Å². The van der Waals surface area contributed by atoms with Crippen LogP contribution in [0.15, 0.2) is 24.3 Å². The Labute approximate surface area is 87.1 Å². The minimum absolute atomic E-state index is 0.303. The molecule has 0 aliphatic carbocycles. The Bertz CT molecular complexity index is 278. The summed E-state index contributed by atoms with van der Waals surface area (Å²) in [5.74, 6) is 1.67. The van der Waals surface area contributed by atoms with E-state index in [4.69, 9.17) is 4.74 Å². The van der Waals surface area contributed by atoms with Gasteiger partial charge < -0.3 is 4.74 Å². The highest BCUT2D eigenvalue weighted by Gasteiger charge is 2.06. The van der Waals surface area contributed by atoms with Crippen molar-refractivity contribution in [1.82, 2.24) is 0 Å². The zero-order valence-electron chi connectivity index (χ0n) is 9.58. The molecule has 0 heterocycles. The summed E-state index contributed by atoms with van der Waals surface area (Å²) in [6, 6.07) is 8.22. The van der Waals surface area contributed by atoms with Gasteiger partial charge >= 0.3 is 0 Å². The molecule has 1 unspecified atom stereocenters. The molecule has 0 amide bonds. The molecule has 1 atom stereocenters. The Morgan fingerprint density at radius 3 is 2.50 bits per heavy atom. The lowest BCUT2D eigenvalue weighted by Gasteiger charge is -2.16. The van der Waals surface area contributed by atoms with Gasteiger partial charge in [0.1, 0.15) is 5.75 Å². The topological polar surface area (TPSA) is 9.23 Å². The summed E-state index contributed by atoms with van der Waals surface area (Å²) in [4.78, 5) is 0. The van der Waals surface area contributed by atoms with Crippen LogP contribution in [0.1, 0.15) is 32.8 Å². The first-order valence-corrected chi connectivity index (χ1v) is 5.31. The van der Waals surface area contributed by atoms with Gasteiger partial charge in [-0.25, -0.2) is 0 Å². The quantitative estimate of drug-likeness (QED) is 0.705. The summed E-state index contributed by atoms with van der Waals surface area (Å²) in [5.41, 5.74) is 1.25. The molecule has 0 fully saturated rings. The lowest BCUT2D eigenvalue weighted by molar-refractivity contribution is 0.193. The molecule has 0 radical (unpaired) electrons. The summed E-state index contributed by atoms with van der Waals surface area (Å²) in [6.07, 6.45) is 1.41. The van der Waals surface area contributed by atoms with Crippen LogP contribution in [-0.2, 0) is 0 Å². The maximum absolute atomic E-state index is 5.81. The summed E-state index contributed by atoms with van der Waals surface area (Å²) in [7, 11) is 0. The molecule has 0 saturated carbocycles. The molecule has 1 nitrogen and oxygen atoms in total. The van der Waals surface area contributed by atoms with Crippen LogP contribution in [0, 0.1) is 12.8 Å². The Kier molecular flexibility index (Phi) is 3.99. The lowest BCUT2D eigenvalue weighted by atomic mass is 10.1. The summed E-state index contributed by atoms with van der Waals surface area (Å²) in [6.45, 7) is 8.65. The van der Waals surface area contributed by atoms with E-state index in [2.05, 4.69) is 39.8 Å². The van der Waals surface area contributed by atoms with Crippen molar-refractivity contribution in [2.75, 3.05) is 0 Å². The van der Waals surface area contributed by atoms with Crippen LogP contribution >= 0.6 is 0 Å². The maximum atomic E-state index is 5.81. The summed E-state index contributed by atoms with van der Waals surface area (Å²) in [5, 5.41) is 0. The van der Waals surface area contributed by atoms with E-state index in [1.165, 1.54) is 5.56 Å². The second-order valence-corrected chi connectivity index (χ2v) is 4.37. The van der Waals surface area contributed by atoms with Gasteiger partial charge in [-0.05, 0) is 43.9 Å². The maximum Gasteiger partial charge on any atom is 0.119 e. The van der Waals surface area contributed by atoms with Crippen molar-refractivity contribution in [1.29, 1.82) is 0 Å². The zero-order valence-corrected chi connectivity index (χ0v) is 9.58. The molecule has 0 N–H and O–H groups in total. The second kappa shape index (κ2) is 5.04. The standard InChI is InChI=1S/C13H20O/c1-10(2)8-12(4)14-13-7-5-6-11(3)9-13/h5-7,9-10,12H,8H2,1-4H3. The number of aryl methyl sites for hydroxylation is 1. The molecular formula is C13H20O. The molecule has 0 bridgehead atoms. The fourth-order valence-corrected chi connectivity index (χ4v) is 1.63. The van der Waals surface area contributed by atoms with E-state index < -0.39 is 0 Å². The lowest BCUT2D eigenvalue weighted by Crippen LogP contribution is -2.14. The number of rotatable bonds is 4. The molecule has 1 aromatic rings. The van der Waals surface area contributed by atoms with E-state index in [9.17, 15) is 0 Å². The van der Waals surface area contributed by atoms with Gasteiger partial charge in [0.15, 0.2) is 0 Å². The van der Waals surface area contributed by atoms with E-state index in [1.54, 1.807) is 0 Å². The van der Waals surface area contributed by atoms with Crippen molar-refractivity contribution >= 4 is 0 Å². The first kappa shape index (κ1) is 11.1. The molecule has 1 heteroatoms. The van der Waals surface area contributed by atoms with Crippen molar-refractivity contribution < 1.29 is 4.74 Å². The summed E-state index contributed by atoms with van der Waals surface area (Å²) >= 11 is 0. The predicted molar refractivity (Wildman–Crippen MR) is 60.7 cm³/mol. The molecule has 78 valence electrons. The smallest absolute Gasteiger partial charge is 0.119 e. The first-order valence-electron chi connectivity index (χ1n) is 5.31. The minimum Gasteiger partial charge on any atom is -0.491 e. The molecule has 1 aromatic carbocycles. The molecule has 0 spiro atoms. The Morgan fingerprint density at radius 2 is 1.93 bits per heavy atom. The SMILES string of the molecule is Cc1cccc(OC(C)CC(C)C)c1. The minimum atomic E-state index is 0.303. The van der Waals surface area contributed by atoms with Gasteiger partial charge in [-0.1, -0.05) is 26.0 Å². The van der Waals surface area contributed by atoms with Gasteiger partial charge in [-0.15, -0.1) is 0 Å². The number of benzene rings is 1. The van der Waals surface area contributed by atoms with Gasteiger partial charge in [0.05, 0.1) is 6.10 Å². The Balaban J connectivity index is 2.51. The third-order valence-corrected chi connectivity index (χ3v) is 2.13. The highest BCUT2D eigenvalue weighted by atomic mass is 16.5. The van der Waals surface area contributed by atoms with Crippen molar-refractivity contribution in [3.63, 3.8) is 0 Å². The highest BCUT2D eigenvalue weighted by molar-refractivity contribution is 5.27. The Morgan fingerprint density at radius 1 is 1.21 bits per heavy atom. The number of ether oxygens (including phenoxy) is 1. The van der Waals surface area contributed by atoms with Gasteiger partial charge in [0.25, 0.3) is 0 Å². The van der Waals surface area contributed by atoms with Gasteiger partial charge in [-0.3, -0.25) is 0 Å². The van der Waals surface area contributed by atoms with E-state index >= 15 is 0 Å². The molecule has 14 heavy (non-hydrogen) atoms. The largest absolute Gasteiger partial charge is 0.491 e. The molecule has 0 aliphatic rings. The third-order valence-electron chi connectivity index (χ3n) is 2.13. The van der Waals surface area contributed by atoms with Crippen LogP contribution in [0.25, 0.3) is 0 Å². The average Bonchev–Trinajstić information content (AvgIpc) is 2.01. The van der Waals surface area contributed by atoms with Crippen LogP contribution in [0.5, 0.6) is 5.75 Å². The van der Waals surface area contributed by atoms with E-state index in [0.29, 0.717) is 12.0 Å². The van der Waals surface area contributed by atoms with Crippen molar-refractivity contribution in [2.24, 2.45) is 5.92 Å². The van der Waals surface area contributed by atoms with E-state index in [0.717, 1.165) is 12.2 Å². The van der Waals surface area contributed by atoms with E-state index in [-0.39, 0.29) is 0 Å². The third kappa shape index (κ3) is 3.82. The fourth-order valence-electron chi connectivity index (χ4n) is 1.63. The normalized spacial score (nSPS) is 12.9. The predicted octanol–water partition coefficient (Wildman–Crippen LogP) is 3.81. The van der Waals surface area contributed by atoms with Gasteiger partial charge in [0, 0.05) is 0 Å². The van der Waals surface area contributed by atoms with Gasteiger partial charge in [0.2, 0.25) is 0 Å². The van der Waals surface area contributed by atoms with Crippen LogP contribution in [0.4, 0.5) is 0 Å². The fraction of sp³-hybridized carbons (Fsp3) is 0.538. The molecule has 1 rings (SSSR count). The van der Waals surface area contributed by atoms with E-state index in [1.807, 2.05) is 12.1 Å². The number of hydrogen-bond donors (Lipinski definition) is 0. The summed E-state index contributed by atoms with van der Waals surface area (Å²) < 4.78 is 5.81. The zero-order chi connectivity index (χ0) is 10.6. The average molecular weight is 192 g/mol. The Hall–Kier alpha value is -0.980. The van der Waals surface area contributed by atoms with Gasteiger partial charge in [-0.2, -0.15) is 0 Å². The molecule has 0 aliphatic heterocycles. The number of hydrogen-bond acceptors (Lipinski definition) is 1.